The van der Waals surface area contributed by atoms with Gasteiger partial charge in [0.1, 0.15) is 0 Å². The van der Waals surface area contributed by atoms with Crippen molar-refractivity contribution in [3.63, 3.8) is 0 Å². The van der Waals surface area contributed by atoms with Crippen LogP contribution in [0.2, 0.25) is 5.02 Å². The van der Waals surface area contributed by atoms with Gasteiger partial charge < -0.3 is 10.6 Å². The molecule has 0 radical (unpaired) electrons. The SMILES string of the molecule is CCNC(=O)CCNC(=O)c1ccc(Cl)c(Br)c1. The van der Waals surface area contributed by atoms with E-state index in [9.17, 15) is 9.59 Å². The van der Waals surface area contributed by atoms with Crippen LogP contribution in [0.4, 0.5) is 0 Å². The summed E-state index contributed by atoms with van der Waals surface area (Å²) < 4.78 is 0.667. The fourth-order valence-corrected chi connectivity index (χ4v) is 1.81. The van der Waals surface area contributed by atoms with E-state index in [2.05, 4.69) is 26.6 Å². The van der Waals surface area contributed by atoms with Crippen molar-refractivity contribution in [1.29, 1.82) is 0 Å². The summed E-state index contributed by atoms with van der Waals surface area (Å²) in [6.07, 6.45) is 0.272. The zero-order valence-electron chi connectivity index (χ0n) is 9.93. The van der Waals surface area contributed by atoms with E-state index >= 15 is 0 Å². The second-order valence-corrected chi connectivity index (χ2v) is 4.85. The summed E-state index contributed by atoms with van der Waals surface area (Å²) in [5.41, 5.74) is 0.502. The van der Waals surface area contributed by atoms with Crippen LogP contribution in [0.1, 0.15) is 23.7 Å². The van der Waals surface area contributed by atoms with Crippen LogP contribution >= 0.6 is 27.5 Å². The van der Waals surface area contributed by atoms with Gasteiger partial charge in [0, 0.05) is 29.5 Å². The maximum Gasteiger partial charge on any atom is 0.251 e. The Balaban J connectivity index is 2.45. The van der Waals surface area contributed by atoms with Gasteiger partial charge in [0.2, 0.25) is 5.91 Å². The summed E-state index contributed by atoms with van der Waals surface area (Å²) >= 11 is 9.08. The van der Waals surface area contributed by atoms with Crippen LogP contribution in [0.25, 0.3) is 0 Å². The van der Waals surface area contributed by atoms with E-state index in [1.165, 1.54) is 0 Å². The van der Waals surface area contributed by atoms with Crippen molar-refractivity contribution < 1.29 is 9.59 Å². The predicted molar refractivity (Wildman–Crippen MR) is 74.8 cm³/mol. The van der Waals surface area contributed by atoms with Crippen LogP contribution in [0.5, 0.6) is 0 Å². The second kappa shape index (κ2) is 7.38. The third-order valence-electron chi connectivity index (χ3n) is 2.19. The molecule has 6 heteroatoms. The smallest absolute Gasteiger partial charge is 0.251 e. The van der Waals surface area contributed by atoms with Crippen LogP contribution in [0, 0.1) is 0 Å². The molecule has 1 aromatic carbocycles. The molecule has 2 amide bonds. The standard InChI is InChI=1S/C12H14BrClN2O2/c1-2-15-11(17)5-6-16-12(18)8-3-4-10(14)9(13)7-8/h3-4,7H,2,5-6H2,1H3,(H,15,17)(H,16,18). The molecule has 0 aliphatic heterocycles. The maximum atomic E-state index is 11.7. The van der Waals surface area contributed by atoms with Gasteiger partial charge in [-0.25, -0.2) is 0 Å². The molecule has 0 saturated carbocycles. The molecule has 0 fully saturated rings. The molecule has 1 rings (SSSR count). The monoisotopic (exact) mass is 332 g/mol. The molecule has 2 N–H and O–H groups in total. The van der Waals surface area contributed by atoms with E-state index in [1.54, 1.807) is 18.2 Å². The van der Waals surface area contributed by atoms with E-state index in [-0.39, 0.29) is 18.2 Å². The number of benzene rings is 1. The lowest BCUT2D eigenvalue weighted by Gasteiger charge is -2.06. The van der Waals surface area contributed by atoms with Crippen molar-refractivity contribution in [2.24, 2.45) is 0 Å². The third-order valence-corrected chi connectivity index (χ3v) is 3.41. The minimum atomic E-state index is -0.225. The third kappa shape index (κ3) is 4.66. The first-order valence-corrected chi connectivity index (χ1v) is 6.71. The fourth-order valence-electron chi connectivity index (χ4n) is 1.31. The average molecular weight is 334 g/mol. The van der Waals surface area contributed by atoms with Crippen molar-refractivity contribution in [2.75, 3.05) is 13.1 Å². The Labute approximate surface area is 119 Å². The van der Waals surface area contributed by atoms with Gasteiger partial charge in [-0.05, 0) is 41.1 Å². The Morgan fingerprint density at radius 2 is 2.06 bits per heavy atom. The molecule has 0 aliphatic carbocycles. The first-order chi connectivity index (χ1) is 8.54. The highest BCUT2D eigenvalue weighted by molar-refractivity contribution is 9.10. The Morgan fingerprint density at radius 3 is 2.67 bits per heavy atom. The van der Waals surface area contributed by atoms with Crippen molar-refractivity contribution in [1.82, 2.24) is 10.6 Å². The normalized spacial score (nSPS) is 9.94. The Kier molecular flexibility index (Phi) is 6.15. The summed E-state index contributed by atoms with van der Waals surface area (Å²) in [5.74, 6) is -0.299. The van der Waals surface area contributed by atoms with Gasteiger partial charge in [-0.15, -0.1) is 0 Å². The number of rotatable bonds is 5. The van der Waals surface area contributed by atoms with E-state index in [0.717, 1.165) is 0 Å². The van der Waals surface area contributed by atoms with Gasteiger partial charge in [-0.3, -0.25) is 9.59 Å². The first-order valence-electron chi connectivity index (χ1n) is 5.54. The fraction of sp³-hybridized carbons (Fsp3) is 0.333. The summed E-state index contributed by atoms with van der Waals surface area (Å²) in [6, 6.07) is 4.92. The molecule has 0 atom stereocenters. The quantitative estimate of drug-likeness (QED) is 0.869. The number of carbonyl (C=O) groups excluding carboxylic acids is 2. The summed E-state index contributed by atoms with van der Waals surface area (Å²) in [6.45, 7) is 2.75. The zero-order valence-corrected chi connectivity index (χ0v) is 12.3. The molecule has 98 valence electrons. The molecule has 1 aromatic rings. The van der Waals surface area contributed by atoms with Gasteiger partial charge in [0.05, 0.1) is 5.02 Å². The summed E-state index contributed by atoms with van der Waals surface area (Å²) in [7, 11) is 0. The topological polar surface area (TPSA) is 58.2 Å². The number of carbonyl (C=O) groups is 2. The highest BCUT2D eigenvalue weighted by Crippen LogP contribution is 2.23. The number of hydrogen-bond donors (Lipinski definition) is 2. The van der Waals surface area contributed by atoms with E-state index in [1.807, 2.05) is 6.92 Å². The number of amides is 2. The van der Waals surface area contributed by atoms with Crippen molar-refractivity contribution >= 4 is 39.3 Å². The molecule has 0 heterocycles. The van der Waals surface area contributed by atoms with Crippen molar-refractivity contribution in [2.45, 2.75) is 13.3 Å². The number of nitrogens with one attached hydrogen (secondary N) is 2. The second-order valence-electron chi connectivity index (χ2n) is 3.59. The van der Waals surface area contributed by atoms with Gasteiger partial charge in [-0.2, -0.15) is 0 Å². The van der Waals surface area contributed by atoms with Crippen LogP contribution in [0.15, 0.2) is 22.7 Å². The highest BCUT2D eigenvalue weighted by Gasteiger charge is 2.08. The Bertz CT molecular complexity index is 452. The van der Waals surface area contributed by atoms with Crippen LogP contribution in [-0.2, 0) is 4.79 Å². The lowest BCUT2D eigenvalue weighted by atomic mass is 10.2. The van der Waals surface area contributed by atoms with Gasteiger partial charge in [0.25, 0.3) is 5.91 Å². The molecule has 0 aliphatic rings. The minimum Gasteiger partial charge on any atom is -0.356 e. The lowest BCUT2D eigenvalue weighted by molar-refractivity contribution is -0.120. The molecule has 0 saturated heterocycles. The summed E-state index contributed by atoms with van der Waals surface area (Å²) in [5, 5.41) is 5.88. The molecule has 0 unspecified atom stereocenters. The zero-order chi connectivity index (χ0) is 13.5. The van der Waals surface area contributed by atoms with E-state index in [0.29, 0.717) is 28.1 Å². The molecule has 18 heavy (non-hydrogen) atoms. The Hall–Kier alpha value is -1.07. The Morgan fingerprint density at radius 1 is 1.33 bits per heavy atom. The molecule has 0 spiro atoms. The van der Waals surface area contributed by atoms with Crippen LogP contribution in [0.3, 0.4) is 0 Å². The van der Waals surface area contributed by atoms with E-state index < -0.39 is 0 Å². The summed E-state index contributed by atoms with van der Waals surface area (Å²) in [4.78, 5) is 22.9. The largest absolute Gasteiger partial charge is 0.356 e. The molecule has 0 bridgehead atoms. The lowest BCUT2D eigenvalue weighted by Crippen LogP contribution is -2.30. The highest BCUT2D eigenvalue weighted by atomic mass is 79.9. The molecular weight excluding hydrogens is 320 g/mol. The van der Waals surface area contributed by atoms with Crippen molar-refractivity contribution in [3.8, 4) is 0 Å². The number of hydrogen-bond acceptors (Lipinski definition) is 2. The molecule has 0 aromatic heterocycles. The van der Waals surface area contributed by atoms with Gasteiger partial charge in [0.15, 0.2) is 0 Å². The average Bonchev–Trinajstić information content (AvgIpc) is 2.33. The van der Waals surface area contributed by atoms with Gasteiger partial charge in [-0.1, -0.05) is 11.6 Å². The molecular formula is C12H14BrClN2O2. The van der Waals surface area contributed by atoms with Gasteiger partial charge >= 0.3 is 0 Å². The maximum absolute atomic E-state index is 11.7. The van der Waals surface area contributed by atoms with Crippen LogP contribution in [-0.4, -0.2) is 24.9 Å². The predicted octanol–water partition coefficient (Wildman–Crippen LogP) is 2.36. The van der Waals surface area contributed by atoms with E-state index in [4.69, 9.17) is 11.6 Å². The number of halogens is 2. The van der Waals surface area contributed by atoms with Crippen molar-refractivity contribution in [3.05, 3.63) is 33.3 Å². The first kappa shape index (κ1) is 15.0. The molecule has 4 nitrogen and oxygen atoms in total. The van der Waals surface area contributed by atoms with Crippen LogP contribution < -0.4 is 10.6 Å². The minimum absolute atomic E-state index is 0.0740.